The van der Waals surface area contributed by atoms with Crippen molar-refractivity contribution in [1.29, 1.82) is 0 Å². The van der Waals surface area contributed by atoms with Crippen LogP contribution < -0.4 is 11.1 Å². The number of benzene rings is 1. The second-order valence-corrected chi connectivity index (χ2v) is 8.37. The minimum absolute atomic E-state index is 0.133. The number of nitrogens with one attached hydrogen (secondary N) is 1. The molecule has 3 N–H and O–H groups in total. The van der Waals surface area contributed by atoms with E-state index in [9.17, 15) is 13.2 Å². The summed E-state index contributed by atoms with van der Waals surface area (Å²) in [5.41, 5.74) is 7.07. The molecule has 1 unspecified atom stereocenters. The maximum Gasteiger partial charge on any atom is 0.321 e. The van der Waals surface area contributed by atoms with E-state index in [-0.39, 0.29) is 17.0 Å². The lowest BCUT2D eigenvalue weighted by Gasteiger charge is -2.33. The Morgan fingerprint density at radius 3 is 2.48 bits per heavy atom. The molecular weight excluding hydrogens is 314 g/mol. The average molecular weight is 339 g/mol. The minimum Gasteiger partial charge on any atom is -0.328 e. The Morgan fingerprint density at radius 2 is 1.96 bits per heavy atom. The fourth-order valence-electron chi connectivity index (χ4n) is 2.86. The van der Waals surface area contributed by atoms with Gasteiger partial charge in [0.2, 0.25) is 0 Å². The summed E-state index contributed by atoms with van der Waals surface area (Å²) in [6.45, 7) is 5.08. The molecule has 1 heterocycles. The highest BCUT2D eigenvalue weighted by Crippen LogP contribution is 2.24. The number of carbonyl (C=O) groups excluding carboxylic acids is 1. The Kier molecular flexibility index (Phi) is 5.31. The van der Waals surface area contributed by atoms with Gasteiger partial charge in [-0.15, -0.1) is 0 Å². The van der Waals surface area contributed by atoms with E-state index in [1.807, 2.05) is 13.8 Å². The molecule has 2 amide bonds. The highest BCUT2D eigenvalue weighted by molar-refractivity contribution is 7.90. The van der Waals surface area contributed by atoms with Crippen LogP contribution in [0.3, 0.4) is 0 Å². The number of hydrogen-bond donors (Lipinski definition) is 2. The summed E-state index contributed by atoms with van der Waals surface area (Å²) in [5.74, 6) is 0.435. The van der Waals surface area contributed by atoms with E-state index in [4.69, 9.17) is 5.73 Å². The molecule has 0 saturated carbocycles. The molecule has 7 heteroatoms. The van der Waals surface area contributed by atoms with E-state index in [1.165, 1.54) is 0 Å². The number of carbonyl (C=O) groups is 1. The second-order valence-electron chi connectivity index (χ2n) is 6.39. The molecule has 1 aromatic rings. The maximum atomic E-state index is 12.4. The Morgan fingerprint density at radius 1 is 1.35 bits per heavy atom. The van der Waals surface area contributed by atoms with Crippen LogP contribution in [0.2, 0.25) is 0 Å². The smallest absolute Gasteiger partial charge is 0.321 e. The number of anilines is 1. The molecule has 1 saturated heterocycles. The van der Waals surface area contributed by atoms with Gasteiger partial charge < -0.3 is 16.0 Å². The van der Waals surface area contributed by atoms with Crippen LogP contribution in [0.4, 0.5) is 10.5 Å². The van der Waals surface area contributed by atoms with Crippen molar-refractivity contribution in [3.63, 3.8) is 0 Å². The topological polar surface area (TPSA) is 92.5 Å². The Balaban J connectivity index is 2.10. The lowest BCUT2D eigenvalue weighted by molar-refractivity contribution is 0.176. The molecular formula is C16H25N3O3S. The van der Waals surface area contributed by atoms with Gasteiger partial charge in [0.05, 0.1) is 10.6 Å². The summed E-state index contributed by atoms with van der Waals surface area (Å²) < 4.78 is 23.8. The predicted octanol–water partition coefficient (Wildman–Crippen LogP) is 1.99. The zero-order valence-corrected chi connectivity index (χ0v) is 14.7. The molecule has 0 spiro atoms. The molecule has 0 aliphatic carbocycles. The van der Waals surface area contributed by atoms with Crippen LogP contribution in [0.1, 0.15) is 25.3 Å². The number of amides is 2. The van der Waals surface area contributed by atoms with Crippen LogP contribution in [0.15, 0.2) is 23.1 Å². The van der Waals surface area contributed by atoms with Crippen molar-refractivity contribution in [3.8, 4) is 0 Å². The number of urea groups is 1. The SMILES string of the molecule is Cc1ccc(NC(=O)N2CCC(C(C)N)CC2)c(S(C)(=O)=O)c1. The number of nitrogens with two attached hydrogens (primary N) is 1. The molecule has 6 nitrogen and oxygen atoms in total. The summed E-state index contributed by atoms with van der Waals surface area (Å²) in [4.78, 5) is 14.3. The average Bonchev–Trinajstić information content (AvgIpc) is 2.48. The zero-order valence-electron chi connectivity index (χ0n) is 13.9. The lowest BCUT2D eigenvalue weighted by atomic mass is 9.91. The molecule has 1 aromatic carbocycles. The summed E-state index contributed by atoms with van der Waals surface area (Å²) >= 11 is 0. The number of rotatable bonds is 3. The van der Waals surface area contributed by atoms with Crippen LogP contribution in [-0.2, 0) is 9.84 Å². The van der Waals surface area contributed by atoms with Crippen molar-refractivity contribution >= 4 is 21.6 Å². The number of nitrogens with zero attached hydrogens (tertiary/aromatic N) is 1. The van der Waals surface area contributed by atoms with Crippen LogP contribution in [-0.4, -0.2) is 44.7 Å². The van der Waals surface area contributed by atoms with Crippen molar-refractivity contribution < 1.29 is 13.2 Å². The van der Waals surface area contributed by atoms with Crippen molar-refractivity contribution in [1.82, 2.24) is 4.90 Å². The predicted molar refractivity (Wildman–Crippen MR) is 91.3 cm³/mol. The quantitative estimate of drug-likeness (QED) is 0.881. The highest BCUT2D eigenvalue weighted by atomic mass is 32.2. The largest absolute Gasteiger partial charge is 0.328 e. The maximum absolute atomic E-state index is 12.4. The molecule has 1 atom stereocenters. The van der Waals surface area contributed by atoms with Crippen molar-refractivity contribution in [2.24, 2.45) is 11.7 Å². The molecule has 1 fully saturated rings. The number of sulfone groups is 1. The second kappa shape index (κ2) is 6.88. The normalized spacial score (nSPS) is 17.8. The van der Waals surface area contributed by atoms with Crippen LogP contribution in [0, 0.1) is 12.8 Å². The van der Waals surface area contributed by atoms with E-state index in [0.29, 0.717) is 24.7 Å². The molecule has 1 aliphatic heterocycles. The van der Waals surface area contributed by atoms with Gasteiger partial charge in [0.25, 0.3) is 0 Å². The molecule has 0 radical (unpaired) electrons. The first kappa shape index (κ1) is 17.7. The van der Waals surface area contributed by atoms with Crippen molar-refractivity contribution in [3.05, 3.63) is 23.8 Å². The van der Waals surface area contributed by atoms with Gasteiger partial charge in [-0.25, -0.2) is 13.2 Å². The highest BCUT2D eigenvalue weighted by Gasteiger charge is 2.25. The first-order valence-corrected chi connectivity index (χ1v) is 9.70. The fourth-order valence-corrected chi connectivity index (χ4v) is 3.78. The molecule has 0 bridgehead atoms. The molecule has 2 rings (SSSR count). The van der Waals surface area contributed by atoms with Gasteiger partial charge >= 0.3 is 6.03 Å². The fraction of sp³-hybridized carbons (Fsp3) is 0.562. The first-order valence-electron chi connectivity index (χ1n) is 7.80. The van der Waals surface area contributed by atoms with Gasteiger partial charge in [-0.2, -0.15) is 0 Å². The first-order chi connectivity index (χ1) is 10.7. The van der Waals surface area contributed by atoms with E-state index in [2.05, 4.69) is 5.32 Å². The lowest BCUT2D eigenvalue weighted by Crippen LogP contribution is -2.44. The third-order valence-electron chi connectivity index (χ3n) is 4.35. The van der Waals surface area contributed by atoms with E-state index >= 15 is 0 Å². The molecule has 1 aliphatic rings. The number of aryl methyl sites for hydroxylation is 1. The summed E-state index contributed by atoms with van der Waals surface area (Å²) in [7, 11) is -3.40. The summed E-state index contributed by atoms with van der Waals surface area (Å²) in [6, 6.07) is 4.87. The number of hydrogen-bond acceptors (Lipinski definition) is 4. The Labute approximate surface area is 138 Å². The third kappa shape index (κ3) is 4.45. The van der Waals surface area contributed by atoms with Crippen molar-refractivity contribution in [2.75, 3.05) is 24.7 Å². The van der Waals surface area contributed by atoms with Crippen LogP contribution >= 0.6 is 0 Å². The van der Waals surface area contributed by atoms with E-state index in [1.54, 1.807) is 23.1 Å². The van der Waals surface area contributed by atoms with Gasteiger partial charge in [0, 0.05) is 25.4 Å². The monoisotopic (exact) mass is 339 g/mol. The summed E-state index contributed by atoms with van der Waals surface area (Å²) in [5, 5.41) is 2.73. The molecule has 0 aromatic heterocycles. The van der Waals surface area contributed by atoms with Gasteiger partial charge in [-0.1, -0.05) is 6.07 Å². The van der Waals surface area contributed by atoms with Gasteiger partial charge in [0.15, 0.2) is 9.84 Å². The minimum atomic E-state index is -3.40. The zero-order chi connectivity index (χ0) is 17.2. The third-order valence-corrected chi connectivity index (χ3v) is 5.49. The molecule has 128 valence electrons. The number of piperidine rings is 1. The van der Waals surface area contributed by atoms with Crippen LogP contribution in [0.25, 0.3) is 0 Å². The molecule has 23 heavy (non-hydrogen) atoms. The number of likely N-dealkylation sites (tertiary alicyclic amines) is 1. The van der Waals surface area contributed by atoms with Gasteiger partial charge in [-0.3, -0.25) is 0 Å². The van der Waals surface area contributed by atoms with Gasteiger partial charge in [0.1, 0.15) is 0 Å². The summed E-state index contributed by atoms with van der Waals surface area (Å²) in [6.07, 6.45) is 2.89. The standard InChI is InChI=1S/C16H25N3O3S/c1-11-4-5-14(15(10-11)23(3,21)22)18-16(20)19-8-6-13(7-9-19)12(2)17/h4-5,10,12-13H,6-9,17H2,1-3H3,(H,18,20). The van der Waals surface area contributed by atoms with Crippen LogP contribution in [0.5, 0.6) is 0 Å². The Hall–Kier alpha value is -1.60. The van der Waals surface area contributed by atoms with E-state index in [0.717, 1.165) is 24.7 Å². The van der Waals surface area contributed by atoms with Gasteiger partial charge in [-0.05, 0) is 50.3 Å². The van der Waals surface area contributed by atoms with E-state index < -0.39 is 9.84 Å². The van der Waals surface area contributed by atoms with Crippen molar-refractivity contribution in [2.45, 2.75) is 37.6 Å². The Bertz CT molecular complexity index is 678.